The first-order valence-electron chi connectivity index (χ1n) is 13.5. The minimum atomic E-state index is -1.18. The molecule has 2 aromatic rings. The maximum absolute atomic E-state index is 13.5. The molecule has 0 aromatic heterocycles. The highest BCUT2D eigenvalue weighted by Crippen LogP contribution is 2.13. The number of aromatic hydroxyl groups is 1. The highest BCUT2D eigenvalue weighted by atomic mass is 32.2. The summed E-state index contributed by atoms with van der Waals surface area (Å²) >= 11 is 1.45. The van der Waals surface area contributed by atoms with Crippen molar-refractivity contribution < 1.29 is 29.4 Å². The Hall–Kier alpha value is -3.61. The lowest BCUT2D eigenvalue weighted by Gasteiger charge is -2.25. The number of phenols is 1. The van der Waals surface area contributed by atoms with Gasteiger partial charge in [-0.25, -0.2) is 4.79 Å². The van der Waals surface area contributed by atoms with Crippen LogP contribution < -0.4 is 27.4 Å². The first-order valence-corrected chi connectivity index (χ1v) is 14.9. The van der Waals surface area contributed by atoms with Crippen LogP contribution >= 0.6 is 11.8 Å². The Morgan fingerprint density at radius 2 is 1.37 bits per heavy atom. The number of nitrogens with two attached hydrogens (primary N) is 2. The summed E-state index contributed by atoms with van der Waals surface area (Å²) < 4.78 is 0. The van der Waals surface area contributed by atoms with Gasteiger partial charge in [0.05, 0.1) is 6.04 Å². The van der Waals surface area contributed by atoms with E-state index in [0.717, 1.165) is 5.56 Å². The molecule has 0 saturated heterocycles. The van der Waals surface area contributed by atoms with E-state index < -0.39 is 47.9 Å². The van der Waals surface area contributed by atoms with Crippen LogP contribution in [0, 0.1) is 0 Å². The van der Waals surface area contributed by atoms with Crippen LogP contribution in [0.1, 0.15) is 36.8 Å². The summed E-state index contributed by atoms with van der Waals surface area (Å²) in [6, 6.07) is 11.2. The molecule has 2 rings (SSSR count). The van der Waals surface area contributed by atoms with Crippen molar-refractivity contribution in [1.29, 1.82) is 0 Å². The van der Waals surface area contributed by atoms with E-state index in [4.69, 9.17) is 11.5 Å². The smallest absolute Gasteiger partial charge is 0.326 e. The molecule has 0 bridgehead atoms. The predicted octanol–water partition coefficient (Wildman–Crippen LogP) is 0.926. The van der Waals surface area contributed by atoms with Crippen LogP contribution in [0.25, 0.3) is 0 Å². The first kappa shape index (κ1) is 33.6. The third kappa shape index (κ3) is 12.2. The number of hydrogen-bond acceptors (Lipinski definition) is 8. The number of hydrogen-bond donors (Lipinski definition) is 7. The van der Waals surface area contributed by atoms with E-state index in [0.29, 0.717) is 30.7 Å². The van der Waals surface area contributed by atoms with Crippen molar-refractivity contribution in [2.75, 3.05) is 18.6 Å². The second-order valence-corrected chi connectivity index (χ2v) is 10.7. The monoisotopic (exact) mass is 587 g/mol. The van der Waals surface area contributed by atoms with Crippen LogP contribution in [0.3, 0.4) is 0 Å². The topological polar surface area (TPSA) is 197 Å². The SMILES string of the molecule is CSCCC(NC(=O)C(Cc1ccc(O)cc1)NC(=O)C(CCCCN)NC(=O)C(N)Cc1ccccc1)C(=O)O. The zero-order valence-corrected chi connectivity index (χ0v) is 24.1. The van der Waals surface area contributed by atoms with Gasteiger partial charge in [0.15, 0.2) is 0 Å². The van der Waals surface area contributed by atoms with Crippen LogP contribution in [0.5, 0.6) is 5.75 Å². The fraction of sp³-hybridized carbons (Fsp3) is 0.448. The van der Waals surface area contributed by atoms with Gasteiger partial charge < -0.3 is 37.6 Å². The Labute approximate surface area is 244 Å². The molecule has 12 heteroatoms. The zero-order chi connectivity index (χ0) is 30.2. The number of carboxylic acids is 1. The molecule has 0 heterocycles. The lowest BCUT2D eigenvalue weighted by atomic mass is 10.0. The van der Waals surface area contributed by atoms with Gasteiger partial charge in [-0.2, -0.15) is 11.8 Å². The Kier molecular flexibility index (Phi) is 14.7. The second-order valence-electron chi connectivity index (χ2n) is 9.75. The van der Waals surface area contributed by atoms with Crippen molar-refractivity contribution in [3.8, 4) is 5.75 Å². The van der Waals surface area contributed by atoms with Gasteiger partial charge in [0, 0.05) is 6.42 Å². The van der Waals surface area contributed by atoms with E-state index in [1.165, 1.54) is 23.9 Å². The average molecular weight is 588 g/mol. The molecular weight excluding hydrogens is 546 g/mol. The number of aliphatic carboxylic acids is 1. The molecule has 3 amide bonds. The second kappa shape index (κ2) is 17.9. The molecule has 0 aliphatic rings. The number of amides is 3. The number of carbonyl (C=O) groups excluding carboxylic acids is 3. The van der Waals surface area contributed by atoms with E-state index >= 15 is 0 Å². The van der Waals surface area contributed by atoms with Crippen LogP contribution in [0.15, 0.2) is 54.6 Å². The average Bonchev–Trinajstić information content (AvgIpc) is 2.95. The molecule has 0 saturated carbocycles. The highest BCUT2D eigenvalue weighted by Gasteiger charge is 2.30. The molecule has 224 valence electrons. The number of thioether (sulfide) groups is 1. The fourth-order valence-electron chi connectivity index (χ4n) is 4.12. The lowest BCUT2D eigenvalue weighted by molar-refractivity contribution is -0.142. The summed E-state index contributed by atoms with van der Waals surface area (Å²) in [7, 11) is 0. The molecule has 2 aromatic carbocycles. The molecule has 4 unspecified atom stereocenters. The van der Waals surface area contributed by atoms with E-state index in [1.807, 2.05) is 36.6 Å². The van der Waals surface area contributed by atoms with Gasteiger partial charge in [0.25, 0.3) is 0 Å². The Morgan fingerprint density at radius 3 is 1.98 bits per heavy atom. The molecule has 0 aliphatic carbocycles. The number of carboxylic acid groups (broad SMARTS) is 1. The molecule has 0 radical (unpaired) electrons. The quantitative estimate of drug-likeness (QED) is 0.124. The van der Waals surface area contributed by atoms with E-state index in [9.17, 15) is 29.4 Å². The van der Waals surface area contributed by atoms with Gasteiger partial charge in [-0.3, -0.25) is 14.4 Å². The number of unbranched alkanes of at least 4 members (excludes halogenated alkanes) is 1. The number of nitrogens with one attached hydrogen (secondary N) is 3. The highest BCUT2D eigenvalue weighted by molar-refractivity contribution is 7.98. The number of benzene rings is 2. The summed E-state index contributed by atoms with van der Waals surface area (Å²) in [5, 5.41) is 27.2. The van der Waals surface area contributed by atoms with Gasteiger partial charge in [-0.1, -0.05) is 42.5 Å². The van der Waals surface area contributed by atoms with Crippen LogP contribution in [-0.2, 0) is 32.0 Å². The number of phenolic OH excluding ortho intramolecular Hbond substituents is 1. The predicted molar refractivity (Wildman–Crippen MR) is 159 cm³/mol. The fourth-order valence-corrected chi connectivity index (χ4v) is 4.59. The number of rotatable bonds is 18. The molecule has 4 atom stereocenters. The van der Waals surface area contributed by atoms with Crippen LogP contribution in [0.2, 0.25) is 0 Å². The van der Waals surface area contributed by atoms with Crippen molar-refractivity contribution >= 4 is 35.5 Å². The Morgan fingerprint density at radius 1 is 0.780 bits per heavy atom. The lowest BCUT2D eigenvalue weighted by Crippen LogP contribution is -2.57. The maximum Gasteiger partial charge on any atom is 0.326 e. The van der Waals surface area contributed by atoms with Crippen molar-refractivity contribution in [1.82, 2.24) is 16.0 Å². The molecule has 11 nitrogen and oxygen atoms in total. The standard InChI is InChI=1S/C29H41N5O6S/c1-41-16-14-24(29(39)40)33-28(38)25(18-20-10-12-21(35)13-11-20)34-27(37)23(9-5-6-15-30)32-26(36)22(31)17-19-7-3-2-4-8-19/h2-4,7-8,10-13,22-25,35H,5-6,9,14-18,30-31H2,1H3,(H,32,36)(H,33,38)(H,34,37)(H,39,40). The molecule has 0 aliphatic heterocycles. The largest absolute Gasteiger partial charge is 0.508 e. The van der Waals surface area contributed by atoms with Gasteiger partial charge in [-0.15, -0.1) is 0 Å². The normalized spacial score (nSPS) is 13.8. The van der Waals surface area contributed by atoms with Gasteiger partial charge >= 0.3 is 5.97 Å². The Balaban J connectivity index is 2.21. The van der Waals surface area contributed by atoms with E-state index in [1.54, 1.807) is 12.1 Å². The zero-order valence-electron chi connectivity index (χ0n) is 23.3. The minimum Gasteiger partial charge on any atom is -0.508 e. The first-order chi connectivity index (χ1) is 19.6. The van der Waals surface area contributed by atoms with Gasteiger partial charge in [0.1, 0.15) is 23.9 Å². The van der Waals surface area contributed by atoms with Crippen molar-refractivity contribution in [3.05, 3.63) is 65.7 Å². The Bertz CT molecular complexity index is 1120. The molecule has 0 spiro atoms. The van der Waals surface area contributed by atoms with Gasteiger partial charge in [-0.05, 0) is 73.9 Å². The van der Waals surface area contributed by atoms with Crippen molar-refractivity contribution in [3.63, 3.8) is 0 Å². The minimum absolute atomic E-state index is 0.0315. The number of carbonyl (C=O) groups is 4. The van der Waals surface area contributed by atoms with Crippen molar-refractivity contribution in [2.24, 2.45) is 11.5 Å². The summed E-state index contributed by atoms with van der Waals surface area (Å²) in [6.45, 7) is 0.411. The van der Waals surface area contributed by atoms with Crippen LogP contribution in [-0.4, -0.2) is 76.6 Å². The van der Waals surface area contributed by atoms with Gasteiger partial charge in [0.2, 0.25) is 17.7 Å². The summed E-state index contributed by atoms with van der Waals surface area (Å²) in [6.07, 6.45) is 3.80. The molecule has 9 N–H and O–H groups in total. The summed E-state index contributed by atoms with van der Waals surface area (Å²) in [4.78, 5) is 51.4. The third-order valence-corrected chi connectivity index (χ3v) is 7.09. The summed E-state index contributed by atoms with van der Waals surface area (Å²) in [5.41, 5.74) is 13.3. The summed E-state index contributed by atoms with van der Waals surface area (Å²) in [5.74, 6) is -2.41. The molecule has 0 fully saturated rings. The maximum atomic E-state index is 13.5. The molecular formula is C29H41N5O6S. The van der Waals surface area contributed by atoms with Crippen LogP contribution in [0.4, 0.5) is 0 Å². The van der Waals surface area contributed by atoms with Crippen molar-refractivity contribution in [2.45, 2.75) is 62.7 Å². The van der Waals surface area contributed by atoms with E-state index in [2.05, 4.69) is 16.0 Å². The van der Waals surface area contributed by atoms with E-state index in [-0.39, 0.29) is 31.4 Å². The third-order valence-electron chi connectivity index (χ3n) is 6.45. The molecule has 41 heavy (non-hydrogen) atoms.